The van der Waals surface area contributed by atoms with Gasteiger partial charge in [0.1, 0.15) is 0 Å². The first-order valence-electron chi connectivity index (χ1n) is 12.2. The van der Waals surface area contributed by atoms with Gasteiger partial charge in [-0.25, -0.2) is 4.98 Å². The quantitative estimate of drug-likeness (QED) is 0.488. The molecule has 1 aromatic heterocycles. The largest absolute Gasteiger partial charge is 0.341 e. The Hall–Kier alpha value is -3.15. The summed E-state index contributed by atoms with van der Waals surface area (Å²) in [7, 11) is 1.90. The minimum Gasteiger partial charge on any atom is -0.341 e. The molecule has 0 aliphatic heterocycles. The van der Waals surface area contributed by atoms with Gasteiger partial charge in [0.15, 0.2) is 0 Å². The number of amides is 2. The second-order valence-electron chi connectivity index (χ2n) is 9.11. The van der Waals surface area contributed by atoms with Crippen LogP contribution in [0.4, 0.5) is 5.95 Å². The molecule has 6 nitrogen and oxygen atoms in total. The van der Waals surface area contributed by atoms with Crippen molar-refractivity contribution in [1.82, 2.24) is 14.5 Å². The molecule has 1 N–H and O–H groups in total. The maximum atomic E-state index is 12.9. The third kappa shape index (κ3) is 5.44. The third-order valence-corrected chi connectivity index (χ3v) is 6.56. The average Bonchev–Trinajstić information content (AvgIpc) is 3.19. The minimum atomic E-state index is -0.165. The van der Waals surface area contributed by atoms with Crippen LogP contribution >= 0.6 is 0 Å². The Labute approximate surface area is 196 Å². The van der Waals surface area contributed by atoms with Gasteiger partial charge >= 0.3 is 0 Å². The van der Waals surface area contributed by atoms with Crippen molar-refractivity contribution < 1.29 is 9.59 Å². The van der Waals surface area contributed by atoms with Gasteiger partial charge < -0.3 is 9.47 Å². The molecule has 0 bridgehead atoms. The van der Waals surface area contributed by atoms with Crippen LogP contribution in [-0.4, -0.2) is 33.3 Å². The van der Waals surface area contributed by atoms with E-state index in [-0.39, 0.29) is 17.7 Å². The van der Waals surface area contributed by atoms with Gasteiger partial charge in [-0.1, -0.05) is 56.9 Å². The van der Waals surface area contributed by atoms with Crippen LogP contribution in [0.15, 0.2) is 48.5 Å². The molecule has 1 saturated carbocycles. The van der Waals surface area contributed by atoms with E-state index in [0.29, 0.717) is 18.1 Å². The standard InChI is InChI=1S/C27H34N4O2/c1-3-4-17-31-24-18-20(19-30(2)26(33)22-13-9-6-10-14-22)15-16-23(24)28-27(31)29-25(32)21-11-7-5-8-12-21/h5,7-8,11-12,15-16,18,22H,3-4,6,9-10,13-14,17,19H2,1-2H3,(H,28,29,32). The fraction of sp³-hybridized carbons (Fsp3) is 0.444. The summed E-state index contributed by atoms with van der Waals surface area (Å²) in [6, 6.07) is 15.3. The summed E-state index contributed by atoms with van der Waals surface area (Å²) in [5.74, 6) is 0.824. The lowest BCUT2D eigenvalue weighted by Crippen LogP contribution is -2.33. The number of aromatic nitrogens is 2. The maximum absolute atomic E-state index is 12.9. The number of imidazole rings is 1. The summed E-state index contributed by atoms with van der Waals surface area (Å²) in [5.41, 5.74) is 3.52. The minimum absolute atomic E-state index is 0.165. The zero-order valence-corrected chi connectivity index (χ0v) is 19.7. The average molecular weight is 447 g/mol. The van der Waals surface area contributed by atoms with Gasteiger partial charge in [0.25, 0.3) is 5.91 Å². The van der Waals surface area contributed by atoms with Crippen molar-refractivity contribution in [2.45, 2.75) is 65.0 Å². The zero-order chi connectivity index (χ0) is 23.2. The lowest BCUT2D eigenvalue weighted by Gasteiger charge is -2.26. The van der Waals surface area contributed by atoms with Crippen LogP contribution in [0.1, 0.15) is 67.8 Å². The number of anilines is 1. The van der Waals surface area contributed by atoms with Gasteiger partial charge in [-0.3, -0.25) is 14.9 Å². The van der Waals surface area contributed by atoms with E-state index in [1.165, 1.54) is 6.42 Å². The second-order valence-corrected chi connectivity index (χ2v) is 9.11. The van der Waals surface area contributed by atoms with Crippen LogP contribution in [0, 0.1) is 5.92 Å². The number of rotatable bonds is 8. The summed E-state index contributed by atoms with van der Waals surface area (Å²) in [5, 5.41) is 3.00. The summed E-state index contributed by atoms with van der Waals surface area (Å²) in [6.45, 7) is 3.51. The molecular formula is C27H34N4O2. The first-order chi connectivity index (χ1) is 16.1. The molecule has 0 saturated heterocycles. The van der Waals surface area contributed by atoms with Crippen molar-refractivity contribution >= 4 is 28.8 Å². The molecule has 33 heavy (non-hydrogen) atoms. The van der Waals surface area contributed by atoms with Crippen LogP contribution in [0.2, 0.25) is 0 Å². The predicted molar refractivity (Wildman–Crippen MR) is 132 cm³/mol. The molecule has 1 aliphatic carbocycles. The Bertz CT molecular complexity index is 1100. The molecule has 6 heteroatoms. The number of aryl methyl sites for hydroxylation is 1. The molecule has 1 aliphatic rings. The Morgan fingerprint density at radius 3 is 2.58 bits per heavy atom. The first-order valence-corrected chi connectivity index (χ1v) is 12.2. The number of unbranched alkanes of at least 4 members (excludes halogenated alkanes) is 1. The number of hydrogen-bond donors (Lipinski definition) is 1. The van der Waals surface area contributed by atoms with Crippen molar-refractivity contribution in [2.24, 2.45) is 5.92 Å². The van der Waals surface area contributed by atoms with Crippen molar-refractivity contribution in [3.8, 4) is 0 Å². The number of benzene rings is 2. The number of nitrogens with zero attached hydrogens (tertiary/aromatic N) is 3. The molecular weight excluding hydrogens is 412 g/mol. The maximum Gasteiger partial charge on any atom is 0.257 e. The van der Waals surface area contributed by atoms with Crippen molar-refractivity contribution in [3.05, 3.63) is 59.7 Å². The van der Waals surface area contributed by atoms with Crippen molar-refractivity contribution in [2.75, 3.05) is 12.4 Å². The monoisotopic (exact) mass is 446 g/mol. The van der Waals surface area contributed by atoms with Crippen molar-refractivity contribution in [3.63, 3.8) is 0 Å². The van der Waals surface area contributed by atoms with E-state index >= 15 is 0 Å². The lowest BCUT2D eigenvalue weighted by molar-refractivity contribution is -0.135. The smallest absolute Gasteiger partial charge is 0.257 e. The van der Waals surface area contributed by atoms with E-state index in [1.807, 2.05) is 42.3 Å². The molecule has 1 heterocycles. The Balaban J connectivity index is 1.56. The fourth-order valence-electron chi connectivity index (χ4n) is 4.68. The highest BCUT2D eigenvalue weighted by molar-refractivity contribution is 6.04. The predicted octanol–water partition coefficient (Wildman–Crippen LogP) is 5.63. The summed E-state index contributed by atoms with van der Waals surface area (Å²) < 4.78 is 2.09. The SMILES string of the molecule is CCCCn1c(NC(=O)c2ccccc2)nc2ccc(CN(C)C(=O)C3CCCCC3)cc21. The Morgan fingerprint density at radius 1 is 1.09 bits per heavy atom. The first kappa shape index (κ1) is 23.0. The Kier molecular flexibility index (Phi) is 7.43. The van der Waals surface area contributed by atoms with E-state index in [4.69, 9.17) is 4.98 Å². The number of carbonyl (C=O) groups is 2. The number of hydrogen-bond acceptors (Lipinski definition) is 3. The van der Waals surface area contributed by atoms with Gasteiger partial charge in [-0.15, -0.1) is 0 Å². The number of carbonyl (C=O) groups excluding carboxylic acids is 2. The normalized spacial score (nSPS) is 14.4. The van der Waals surface area contributed by atoms with Crippen molar-refractivity contribution in [1.29, 1.82) is 0 Å². The van der Waals surface area contributed by atoms with Crippen LogP contribution in [0.3, 0.4) is 0 Å². The van der Waals surface area contributed by atoms with E-state index in [1.54, 1.807) is 12.1 Å². The highest BCUT2D eigenvalue weighted by atomic mass is 16.2. The van der Waals surface area contributed by atoms with Crippen LogP contribution in [-0.2, 0) is 17.9 Å². The molecule has 0 unspecified atom stereocenters. The third-order valence-electron chi connectivity index (χ3n) is 6.56. The molecule has 2 aromatic carbocycles. The number of fused-ring (bicyclic) bond motifs is 1. The van der Waals surface area contributed by atoms with E-state index in [9.17, 15) is 9.59 Å². The van der Waals surface area contributed by atoms with Gasteiger partial charge in [0.05, 0.1) is 11.0 Å². The van der Waals surface area contributed by atoms with Crippen LogP contribution < -0.4 is 5.32 Å². The summed E-state index contributed by atoms with van der Waals surface area (Å²) >= 11 is 0. The molecule has 0 radical (unpaired) electrons. The van der Waals surface area contributed by atoms with Crippen LogP contribution in [0.5, 0.6) is 0 Å². The topological polar surface area (TPSA) is 67.2 Å². The Morgan fingerprint density at radius 2 is 1.85 bits per heavy atom. The summed E-state index contributed by atoms with van der Waals surface area (Å²) in [6.07, 6.45) is 7.62. The van der Waals surface area contributed by atoms with E-state index < -0.39 is 0 Å². The molecule has 1 fully saturated rings. The molecule has 0 spiro atoms. The molecule has 2 amide bonds. The molecule has 3 aromatic rings. The highest BCUT2D eigenvalue weighted by Crippen LogP contribution is 2.27. The van der Waals surface area contributed by atoms with Gasteiger partial charge in [0, 0.05) is 31.6 Å². The van der Waals surface area contributed by atoms with Gasteiger partial charge in [-0.2, -0.15) is 0 Å². The van der Waals surface area contributed by atoms with E-state index in [0.717, 1.165) is 61.7 Å². The summed E-state index contributed by atoms with van der Waals surface area (Å²) in [4.78, 5) is 32.2. The highest BCUT2D eigenvalue weighted by Gasteiger charge is 2.24. The molecule has 0 atom stereocenters. The van der Waals surface area contributed by atoms with Crippen LogP contribution in [0.25, 0.3) is 11.0 Å². The molecule has 174 valence electrons. The van der Waals surface area contributed by atoms with E-state index in [2.05, 4.69) is 22.9 Å². The van der Waals surface area contributed by atoms with Gasteiger partial charge in [-0.05, 0) is 49.1 Å². The zero-order valence-electron chi connectivity index (χ0n) is 19.7. The fourth-order valence-corrected chi connectivity index (χ4v) is 4.68. The number of nitrogens with one attached hydrogen (secondary N) is 1. The van der Waals surface area contributed by atoms with Gasteiger partial charge in [0.2, 0.25) is 11.9 Å². The lowest BCUT2D eigenvalue weighted by atomic mass is 9.88. The molecule has 4 rings (SSSR count). The second kappa shape index (κ2) is 10.6.